The minimum Gasteiger partial charge on any atom is -0.497 e. The minimum atomic E-state index is -0.175. The van der Waals surface area contributed by atoms with Gasteiger partial charge in [-0.2, -0.15) is 0 Å². The Balaban J connectivity index is 1.59. The number of halogens is 1. The Labute approximate surface area is 163 Å². The maximum absolute atomic E-state index is 12.6. The number of ether oxygens (including phenoxy) is 3. The van der Waals surface area contributed by atoms with Crippen molar-refractivity contribution in [3.8, 4) is 11.5 Å². The normalized spacial score (nSPS) is 16.3. The van der Waals surface area contributed by atoms with Gasteiger partial charge < -0.3 is 23.6 Å². The molecule has 2 aromatic rings. The van der Waals surface area contributed by atoms with Crippen LogP contribution in [0.2, 0.25) is 5.02 Å². The quantitative estimate of drug-likeness (QED) is 0.681. The van der Waals surface area contributed by atoms with Crippen LogP contribution in [0.25, 0.3) is 0 Å². The van der Waals surface area contributed by atoms with Gasteiger partial charge in [-0.1, -0.05) is 16.8 Å². The van der Waals surface area contributed by atoms with Crippen LogP contribution < -0.4 is 9.47 Å². The van der Waals surface area contributed by atoms with Gasteiger partial charge >= 0.3 is 0 Å². The first-order valence-corrected chi connectivity index (χ1v) is 9.31. The molecule has 0 bridgehead atoms. The second kappa shape index (κ2) is 9.10. The third-order valence-electron chi connectivity index (χ3n) is 4.40. The third kappa shape index (κ3) is 4.93. The van der Waals surface area contributed by atoms with Crippen LogP contribution in [0.4, 0.5) is 0 Å². The Morgan fingerprint density at radius 2 is 2.26 bits per heavy atom. The van der Waals surface area contributed by atoms with Crippen LogP contribution >= 0.6 is 11.6 Å². The lowest BCUT2D eigenvalue weighted by molar-refractivity contribution is 0.0531. The van der Waals surface area contributed by atoms with Gasteiger partial charge in [0.05, 0.1) is 18.2 Å². The van der Waals surface area contributed by atoms with Gasteiger partial charge in [0.25, 0.3) is 5.91 Å². The van der Waals surface area contributed by atoms with Crippen molar-refractivity contribution < 1.29 is 23.5 Å². The molecule has 1 aliphatic heterocycles. The first-order chi connectivity index (χ1) is 13.1. The highest BCUT2D eigenvalue weighted by molar-refractivity contribution is 6.32. The van der Waals surface area contributed by atoms with Crippen LogP contribution in [0.5, 0.6) is 11.5 Å². The van der Waals surface area contributed by atoms with Crippen molar-refractivity contribution in [2.75, 3.05) is 26.8 Å². The molecule has 0 spiro atoms. The molecule has 1 aromatic carbocycles. The number of aromatic nitrogens is 1. The Hall–Kier alpha value is -2.25. The van der Waals surface area contributed by atoms with Gasteiger partial charge in [-0.15, -0.1) is 0 Å². The van der Waals surface area contributed by atoms with Crippen molar-refractivity contribution in [1.82, 2.24) is 10.1 Å². The van der Waals surface area contributed by atoms with Crippen molar-refractivity contribution in [3.05, 3.63) is 40.7 Å². The lowest BCUT2D eigenvalue weighted by Gasteiger charge is -2.22. The number of nitrogens with zero attached hydrogens (tertiary/aromatic N) is 2. The summed E-state index contributed by atoms with van der Waals surface area (Å²) in [5.41, 5.74) is 0.259. The summed E-state index contributed by atoms with van der Waals surface area (Å²) < 4.78 is 21.6. The lowest BCUT2D eigenvalue weighted by atomic mass is 10.2. The van der Waals surface area contributed by atoms with Gasteiger partial charge in [-0.25, -0.2) is 0 Å². The van der Waals surface area contributed by atoms with Gasteiger partial charge in [0.1, 0.15) is 18.1 Å². The third-order valence-corrected chi connectivity index (χ3v) is 4.70. The van der Waals surface area contributed by atoms with Crippen LogP contribution in [0.3, 0.4) is 0 Å². The predicted octanol–water partition coefficient (Wildman–Crippen LogP) is 3.56. The number of methoxy groups -OCH3 is 1. The summed E-state index contributed by atoms with van der Waals surface area (Å²) in [5, 5.41) is 4.31. The van der Waals surface area contributed by atoms with E-state index in [4.69, 9.17) is 30.3 Å². The lowest BCUT2D eigenvalue weighted by Crippen LogP contribution is -2.37. The zero-order valence-electron chi connectivity index (χ0n) is 15.4. The molecule has 3 rings (SSSR count). The maximum Gasteiger partial charge on any atom is 0.276 e. The molecule has 1 atom stereocenters. The second-order valence-electron chi connectivity index (χ2n) is 6.24. The molecule has 1 saturated heterocycles. The van der Waals surface area contributed by atoms with E-state index in [0.717, 1.165) is 19.4 Å². The number of rotatable bonds is 8. The van der Waals surface area contributed by atoms with E-state index in [2.05, 4.69) is 5.16 Å². The first kappa shape index (κ1) is 19.5. The van der Waals surface area contributed by atoms with Gasteiger partial charge in [0.15, 0.2) is 11.5 Å². The summed E-state index contributed by atoms with van der Waals surface area (Å²) in [6.07, 6.45) is 2.11. The summed E-state index contributed by atoms with van der Waals surface area (Å²) in [4.78, 5) is 14.4. The van der Waals surface area contributed by atoms with E-state index < -0.39 is 0 Å². The predicted molar refractivity (Wildman–Crippen MR) is 99.4 cm³/mol. The Morgan fingerprint density at radius 3 is 2.93 bits per heavy atom. The van der Waals surface area contributed by atoms with E-state index in [0.29, 0.717) is 35.4 Å². The molecule has 8 heteroatoms. The number of likely N-dealkylation sites (N-methyl/N-ethyl adjacent to an activating group) is 1. The van der Waals surface area contributed by atoms with E-state index in [1.807, 2.05) is 6.92 Å². The van der Waals surface area contributed by atoms with Crippen LogP contribution in [0.15, 0.2) is 28.8 Å². The molecule has 7 nitrogen and oxygen atoms in total. The van der Waals surface area contributed by atoms with E-state index in [9.17, 15) is 4.79 Å². The zero-order valence-corrected chi connectivity index (χ0v) is 16.2. The minimum absolute atomic E-state index is 0.0980. The summed E-state index contributed by atoms with van der Waals surface area (Å²) in [6, 6.07) is 6.72. The molecule has 1 fully saturated rings. The molecule has 1 amide bonds. The topological polar surface area (TPSA) is 74.0 Å². The largest absolute Gasteiger partial charge is 0.497 e. The van der Waals surface area contributed by atoms with Crippen LogP contribution in [0, 0.1) is 0 Å². The van der Waals surface area contributed by atoms with E-state index in [-0.39, 0.29) is 24.3 Å². The summed E-state index contributed by atoms with van der Waals surface area (Å²) in [7, 11) is 1.57. The van der Waals surface area contributed by atoms with E-state index in [1.165, 1.54) is 0 Å². The van der Waals surface area contributed by atoms with Crippen LogP contribution in [-0.4, -0.2) is 48.9 Å². The Kier molecular flexibility index (Phi) is 6.58. The first-order valence-electron chi connectivity index (χ1n) is 8.93. The van der Waals surface area contributed by atoms with Crippen molar-refractivity contribution in [2.45, 2.75) is 32.5 Å². The molecule has 2 heterocycles. The fourth-order valence-corrected chi connectivity index (χ4v) is 3.13. The van der Waals surface area contributed by atoms with Crippen molar-refractivity contribution >= 4 is 17.5 Å². The smallest absolute Gasteiger partial charge is 0.276 e. The Morgan fingerprint density at radius 1 is 1.41 bits per heavy atom. The Bertz CT molecular complexity index is 773. The molecule has 0 radical (unpaired) electrons. The second-order valence-corrected chi connectivity index (χ2v) is 6.65. The molecular weight excluding hydrogens is 372 g/mol. The standard InChI is InChI=1S/C19H23ClN2O5/c1-3-22(11-14-5-4-8-25-14)19(23)17-10-15(27-21-17)12-26-18-7-6-13(24-2)9-16(18)20/h6-7,9-10,14H,3-5,8,11-12H2,1-2H3/t14-/m1/s1. The van der Waals surface area contributed by atoms with Gasteiger partial charge in [-0.3, -0.25) is 4.79 Å². The van der Waals surface area contributed by atoms with Crippen LogP contribution in [0.1, 0.15) is 36.0 Å². The van der Waals surface area contributed by atoms with Crippen molar-refractivity contribution in [2.24, 2.45) is 0 Å². The van der Waals surface area contributed by atoms with Gasteiger partial charge in [-0.05, 0) is 31.9 Å². The number of carbonyl (C=O) groups excluding carboxylic acids is 1. The highest BCUT2D eigenvalue weighted by atomic mass is 35.5. The van der Waals surface area contributed by atoms with Crippen molar-refractivity contribution in [1.29, 1.82) is 0 Å². The van der Waals surface area contributed by atoms with Gasteiger partial charge in [0, 0.05) is 31.8 Å². The number of carbonyl (C=O) groups is 1. The van der Waals surface area contributed by atoms with Crippen LogP contribution in [-0.2, 0) is 11.3 Å². The maximum atomic E-state index is 12.6. The molecule has 27 heavy (non-hydrogen) atoms. The fraction of sp³-hybridized carbons (Fsp3) is 0.474. The number of hydrogen-bond acceptors (Lipinski definition) is 6. The molecule has 0 N–H and O–H groups in total. The molecule has 0 unspecified atom stereocenters. The molecule has 1 aliphatic rings. The summed E-state index contributed by atoms with van der Waals surface area (Å²) >= 11 is 6.15. The summed E-state index contributed by atoms with van der Waals surface area (Å²) in [6.45, 7) is 3.96. The van der Waals surface area contributed by atoms with E-state index >= 15 is 0 Å². The zero-order chi connectivity index (χ0) is 19.2. The molecule has 1 aromatic heterocycles. The monoisotopic (exact) mass is 394 g/mol. The SMILES string of the molecule is CCN(C[C@H]1CCCO1)C(=O)c1cc(COc2ccc(OC)cc2Cl)on1. The highest BCUT2D eigenvalue weighted by Gasteiger charge is 2.24. The molecule has 146 valence electrons. The fourth-order valence-electron chi connectivity index (χ4n) is 2.91. The molecule has 0 saturated carbocycles. The number of benzene rings is 1. The van der Waals surface area contributed by atoms with Gasteiger partial charge in [0.2, 0.25) is 0 Å². The molecular formula is C19H23ClN2O5. The number of hydrogen-bond donors (Lipinski definition) is 0. The van der Waals surface area contributed by atoms with E-state index in [1.54, 1.807) is 36.3 Å². The molecule has 0 aliphatic carbocycles. The average molecular weight is 395 g/mol. The average Bonchev–Trinajstić information content (AvgIpc) is 3.36. The summed E-state index contributed by atoms with van der Waals surface area (Å²) in [5.74, 6) is 1.41. The highest BCUT2D eigenvalue weighted by Crippen LogP contribution is 2.29. The van der Waals surface area contributed by atoms with Crippen molar-refractivity contribution in [3.63, 3.8) is 0 Å². The number of amides is 1.